The van der Waals surface area contributed by atoms with Crippen LogP contribution < -0.4 is 15.0 Å². The molecule has 6 heteroatoms. The number of rotatable bonds is 5. The maximum atomic E-state index is 14.1. The topological polar surface area (TPSA) is 58.6 Å². The lowest BCUT2D eigenvalue weighted by atomic mass is 9.98. The molecule has 3 aromatic rings. The molecule has 1 heterocycles. The summed E-state index contributed by atoms with van der Waals surface area (Å²) in [7, 11) is 0. The summed E-state index contributed by atoms with van der Waals surface area (Å²) in [4.78, 5) is 27.2. The van der Waals surface area contributed by atoms with E-state index in [1.54, 1.807) is 59.5 Å². The minimum Gasteiger partial charge on any atom is -0.494 e. The number of carbonyl (C=O) groups is 2. The number of hydrogen-bond donors (Lipinski definition) is 1. The predicted molar refractivity (Wildman–Crippen MR) is 118 cm³/mol. The van der Waals surface area contributed by atoms with Crippen LogP contribution in [0.4, 0.5) is 15.8 Å². The summed E-state index contributed by atoms with van der Waals surface area (Å²) in [5, 5.41) is 2.88. The summed E-state index contributed by atoms with van der Waals surface area (Å²) in [6, 6.07) is 18.4. The first-order chi connectivity index (χ1) is 15.1. The Morgan fingerprint density at radius 3 is 2.58 bits per heavy atom. The van der Waals surface area contributed by atoms with Crippen molar-refractivity contribution < 1.29 is 18.7 Å². The highest BCUT2D eigenvalue weighted by Gasteiger charge is 2.26. The number of nitrogens with one attached hydrogen (secondary N) is 1. The number of aryl methyl sites for hydroxylation is 1. The van der Waals surface area contributed by atoms with Gasteiger partial charge in [0.05, 0.1) is 12.2 Å². The molecule has 31 heavy (non-hydrogen) atoms. The second-order valence-corrected chi connectivity index (χ2v) is 7.30. The quantitative estimate of drug-likeness (QED) is 0.629. The monoisotopic (exact) mass is 418 g/mol. The van der Waals surface area contributed by atoms with Gasteiger partial charge in [-0.05, 0) is 79.9 Å². The van der Waals surface area contributed by atoms with Gasteiger partial charge in [0.25, 0.3) is 11.8 Å². The number of hydrogen-bond acceptors (Lipinski definition) is 3. The van der Waals surface area contributed by atoms with Gasteiger partial charge in [0.1, 0.15) is 11.6 Å². The number of benzene rings is 3. The first kappa shape index (κ1) is 20.6. The second-order valence-electron chi connectivity index (χ2n) is 7.30. The minimum atomic E-state index is -0.536. The standard InChI is InChI=1S/C25H23FN2O3/c1-2-31-20-12-10-19(11-13-20)27-24(29)18-9-14-23-17(16-18)6-5-15-28(23)25(30)21-7-3-4-8-22(21)26/h3-4,7-14,16H,2,5-6,15H2,1H3,(H,27,29). The molecule has 0 radical (unpaired) electrons. The Bertz CT molecular complexity index is 1110. The third-order valence-electron chi connectivity index (χ3n) is 5.23. The Morgan fingerprint density at radius 1 is 1.06 bits per heavy atom. The summed E-state index contributed by atoms with van der Waals surface area (Å²) >= 11 is 0. The van der Waals surface area contributed by atoms with Crippen molar-refractivity contribution in [3.05, 3.63) is 89.2 Å². The highest BCUT2D eigenvalue weighted by molar-refractivity contribution is 6.08. The number of nitrogens with zero attached hydrogens (tertiary/aromatic N) is 1. The fourth-order valence-electron chi connectivity index (χ4n) is 3.73. The Kier molecular flexibility index (Phi) is 5.98. The number of fused-ring (bicyclic) bond motifs is 1. The van der Waals surface area contributed by atoms with E-state index < -0.39 is 5.82 Å². The molecule has 1 aliphatic rings. The summed E-state index contributed by atoms with van der Waals surface area (Å²) < 4.78 is 19.5. The first-order valence-corrected chi connectivity index (χ1v) is 10.3. The van der Waals surface area contributed by atoms with E-state index in [-0.39, 0.29) is 17.4 Å². The second kappa shape index (κ2) is 9.00. The lowest BCUT2D eigenvalue weighted by Gasteiger charge is -2.30. The van der Waals surface area contributed by atoms with Crippen LogP contribution in [0.3, 0.4) is 0 Å². The molecule has 0 unspecified atom stereocenters. The highest BCUT2D eigenvalue weighted by Crippen LogP contribution is 2.30. The molecule has 0 saturated carbocycles. The van der Waals surface area contributed by atoms with E-state index >= 15 is 0 Å². The largest absolute Gasteiger partial charge is 0.494 e. The van der Waals surface area contributed by atoms with Crippen molar-refractivity contribution in [1.29, 1.82) is 0 Å². The van der Waals surface area contributed by atoms with Gasteiger partial charge in [0.2, 0.25) is 0 Å². The van der Waals surface area contributed by atoms with Crippen LogP contribution in [0.1, 0.15) is 39.6 Å². The lowest BCUT2D eigenvalue weighted by Crippen LogP contribution is -2.36. The van der Waals surface area contributed by atoms with Gasteiger partial charge in [-0.15, -0.1) is 0 Å². The van der Waals surface area contributed by atoms with Crippen molar-refractivity contribution in [3.63, 3.8) is 0 Å². The maximum Gasteiger partial charge on any atom is 0.261 e. The average Bonchev–Trinajstić information content (AvgIpc) is 2.79. The van der Waals surface area contributed by atoms with Gasteiger partial charge < -0.3 is 15.0 Å². The molecule has 0 spiro atoms. The van der Waals surface area contributed by atoms with Crippen molar-refractivity contribution in [3.8, 4) is 5.75 Å². The van der Waals surface area contributed by atoms with Gasteiger partial charge >= 0.3 is 0 Å². The van der Waals surface area contributed by atoms with Crippen molar-refractivity contribution in [2.75, 3.05) is 23.4 Å². The Labute approximate surface area is 180 Å². The first-order valence-electron chi connectivity index (χ1n) is 10.3. The molecule has 5 nitrogen and oxygen atoms in total. The van der Waals surface area contributed by atoms with Gasteiger partial charge in [-0.3, -0.25) is 9.59 Å². The Morgan fingerprint density at radius 2 is 1.84 bits per heavy atom. The molecular formula is C25H23FN2O3. The average molecular weight is 418 g/mol. The van der Waals surface area contributed by atoms with E-state index in [0.717, 1.165) is 29.8 Å². The zero-order valence-corrected chi connectivity index (χ0v) is 17.2. The van der Waals surface area contributed by atoms with E-state index in [4.69, 9.17) is 4.74 Å². The molecular weight excluding hydrogens is 395 g/mol. The number of amides is 2. The fourth-order valence-corrected chi connectivity index (χ4v) is 3.73. The molecule has 1 N–H and O–H groups in total. The molecule has 0 aromatic heterocycles. The van der Waals surface area contributed by atoms with Crippen LogP contribution in [0.15, 0.2) is 66.7 Å². The number of carbonyl (C=O) groups excluding carboxylic acids is 2. The van der Waals surface area contributed by atoms with Crippen molar-refractivity contribution in [2.45, 2.75) is 19.8 Å². The normalized spacial score (nSPS) is 12.8. The van der Waals surface area contributed by atoms with E-state index in [9.17, 15) is 14.0 Å². The third kappa shape index (κ3) is 4.43. The van der Waals surface area contributed by atoms with Gasteiger partial charge in [0.15, 0.2) is 0 Å². The Balaban J connectivity index is 1.53. The van der Waals surface area contributed by atoms with Crippen LogP contribution in [0.5, 0.6) is 5.75 Å². The summed E-state index contributed by atoms with van der Waals surface area (Å²) in [5.41, 5.74) is 2.84. The molecule has 0 fully saturated rings. The lowest BCUT2D eigenvalue weighted by molar-refractivity contribution is 0.0980. The van der Waals surface area contributed by atoms with Crippen LogP contribution in [0, 0.1) is 5.82 Å². The molecule has 0 aliphatic carbocycles. The van der Waals surface area contributed by atoms with Crippen LogP contribution in [0.25, 0.3) is 0 Å². The van der Waals surface area contributed by atoms with Gasteiger partial charge in [-0.25, -0.2) is 4.39 Å². The van der Waals surface area contributed by atoms with Crippen molar-refractivity contribution in [2.24, 2.45) is 0 Å². The van der Waals surface area contributed by atoms with Crippen LogP contribution in [0.2, 0.25) is 0 Å². The molecule has 1 aliphatic heterocycles. The molecule has 158 valence electrons. The van der Waals surface area contributed by atoms with E-state index in [1.165, 1.54) is 12.1 Å². The smallest absolute Gasteiger partial charge is 0.261 e. The zero-order valence-electron chi connectivity index (χ0n) is 17.2. The van der Waals surface area contributed by atoms with E-state index in [1.807, 2.05) is 6.92 Å². The Hall–Kier alpha value is -3.67. The number of anilines is 2. The van der Waals surface area contributed by atoms with Crippen LogP contribution in [-0.2, 0) is 6.42 Å². The highest BCUT2D eigenvalue weighted by atomic mass is 19.1. The fraction of sp³-hybridized carbons (Fsp3) is 0.200. The third-order valence-corrected chi connectivity index (χ3v) is 5.23. The van der Waals surface area contributed by atoms with E-state index in [0.29, 0.717) is 24.4 Å². The number of ether oxygens (including phenoxy) is 1. The van der Waals surface area contributed by atoms with E-state index in [2.05, 4.69) is 5.32 Å². The SMILES string of the molecule is CCOc1ccc(NC(=O)c2ccc3c(c2)CCCN3C(=O)c2ccccc2F)cc1. The maximum absolute atomic E-state index is 14.1. The molecule has 2 amide bonds. The number of halogens is 1. The molecule has 4 rings (SSSR count). The minimum absolute atomic E-state index is 0.0488. The summed E-state index contributed by atoms with van der Waals surface area (Å²) in [6.45, 7) is 3.01. The molecule has 0 bridgehead atoms. The van der Waals surface area contributed by atoms with Gasteiger partial charge in [-0.1, -0.05) is 12.1 Å². The molecule has 0 atom stereocenters. The van der Waals surface area contributed by atoms with Gasteiger partial charge in [-0.2, -0.15) is 0 Å². The molecule has 3 aromatic carbocycles. The summed E-state index contributed by atoms with van der Waals surface area (Å²) in [5.74, 6) is -0.393. The van der Waals surface area contributed by atoms with Crippen LogP contribution >= 0.6 is 0 Å². The zero-order chi connectivity index (χ0) is 21.8. The predicted octanol–water partition coefficient (Wildman–Crippen LogP) is 5.07. The van der Waals surface area contributed by atoms with Crippen LogP contribution in [-0.4, -0.2) is 25.0 Å². The van der Waals surface area contributed by atoms with Crippen molar-refractivity contribution >= 4 is 23.2 Å². The molecule has 0 saturated heterocycles. The summed E-state index contributed by atoms with van der Waals surface area (Å²) in [6.07, 6.45) is 1.50. The van der Waals surface area contributed by atoms with Crippen molar-refractivity contribution in [1.82, 2.24) is 0 Å². The van der Waals surface area contributed by atoms with Gasteiger partial charge in [0, 0.05) is 23.5 Å².